The van der Waals surface area contributed by atoms with Crippen molar-refractivity contribution in [3.8, 4) is 11.5 Å². The highest BCUT2D eigenvalue weighted by molar-refractivity contribution is 6.04. The number of anilines is 1. The van der Waals surface area contributed by atoms with Crippen molar-refractivity contribution in [1.29, 1.82) is 0 Å². The Labute approximate surface area is 186 Å². The third-order valence-corrected chi connectivity index (χ3v) is 5.45. The summed E-state index contributed by atoms with van der Waals surface area (Å²) >= 11 is 0. The molecular weight excluding hydrogens is 412 g/mol. The van der Waals surface area contributed by atoms with Crippen molar-refractivity contribution in [3.63, 3.8) is 0 Å². The molecule has 0 N–H and O–H groups in total. The molecule has 2 aliphatic rings. The Morgan fingerprint density at radius 3 is 2.47 bits per heavy atom. The van der Waals surface area contributed by atoms with Crippen LogP contribution in [-0.4, -0.2) is 68.6 Å². The van der Waals surface area contributed by atoms with Crippen LogP contribution in [0.3, 0.4) is 0 Å². The second-order valence-electron chi connectivity index (χ2n) is 7.98. The molecule has 32 heavy (non-hydrogen) atoms. The van der Waals surface area contributed by atoms with Gasteiger partial charge in [-0.25, -0.2) is 0 Å². The van der Waals surface area contributed by atoms with Gasteiger partial charge in [0.2, 0.25) is 5.91 Å². The van der Waals surface area contributed by atoms with E-state index in [1.165, 1.54) is 4.90 Å². The van der Waals surface area contributed by atoms with Crippen LogP contribution in [0, 0.1) is 13.8 Å². The molecule has 2 aromatic rings. The second-order valence-corrected chi connectivity index (χ2v) is 7.98. The van der Waals surface area contributed by atoms with E-state index in [0.29, 0.717) is 49.1 Å². The average Bonchev–Trinajstić information content (AvgIpc) is 2.79. The summed E-state index contributed by atoms with van der Waals surface area (Å²) in [5.41, 5.74) is 2.91. The van der Waals surface area contributed by atoms with Gasteiger partial charge in [-0.15, -0.1) is 0 Å². The van der Waals surface area contributed by atoms with Gasteiger partial charge in [-0.2, -0.15) is 0 Å². The van der Waals surface area contributed by atoms with Gasteiger partial charge in [-0.1, -0.05) is 6.07 Å². The number of rotatable bonds is 6. The molecule has 168 valence electrons. The number of fused-ring (bicyclic) bond motifs is 1. The Morgan fingerprint density at radius 2 is 1.75 bits per heavy atom. The smallest absolute Gasteiger partial charge is 0.265 e. The molecule has 0 bridgehead atoms. The van der Waals surface area contributed by atoms with Crippen molar-refractivity contribution in [1.82, 2.24) is 4.90 Å². The molecule has 2 aromatic carbocycles. The van der Waals surface area contributed by atoms with Gasteiger partial charge in [0.05, 0.1) is 18.9 Å². The summed E-state index contributed by atoms with van der Waals surface area (Å²) in [6, 6.07) is 10.7. The van der Waals surface area contributed by atoms with Crippen molar-refractivity contribution >= 4 is 23.3 Å². The summed E-state index contributed by atoms with van der Waals surface area (Å²) in [4.78, 5) is 41.1. The summed E-state index contributed by atoms with van der Waals surface area (Å²) in [5, 5.41) is 0. The van der Waals surface area contributed by atoms with E-state index in [0.717, 1.165) is 11.1 Å². The molecule has 2 heterocycles. The molecule has 2 amide bonds. The standard InChI is InChI=1S/C24H26N2O6/c1-16-9-17(2)11-19(10-16)31-14-21(27)18-3-4-22-20(12-18)26(24(29)15-32-22)13-23(28)25-5-7-30-8-6-25/h3-4,9-12H,5-8,13-15H2,1-2H3. The van der Waals surface area contributed by atoms with Crippen LogP contribution in [-0.2, 0) is 14.3 Å². The first-order chi connectivity index (χ1) is 15.4. The number of aryl methyl sites for hydroxylation is 2. The molecule has 1 fully saturated rings. The summed E-state index contributed by atoms with van der Waals surface area (Å²) in [7, 11) is 0. The minimum atomic E-state index is -0.324. The van der Waals surface area contributed by atoms with E-state index in [9.17, 15) is 14.4 Å². The first kappa shape index (κ1) is 21.8. The molecule has 0 radical (unpaired) electrons. The average molecular weight is 438 g/mol. The van der Waals surface area contributed by atoms with Crippen molar-refractivity contribution in [2.45, 2.75) is 13.8 Å². The lowest BCUT2D eigenvalue weighted by Crippen LogP contribution is -2.49. The van der Waals surface area contributed by atoms with Crippen LogP contribution < -0.4 is 14.4 Å². The summed E-state index contributed by atoms with van der Waals surface area (Å²) in [6.07, 6.45) is 0. The maximum absolute atomic E-state index is 12.8. The summed E-state index contributed by atoms with van der Waals surface area (Å²) < 4.78 is 16.5. The number of nitrogens with zero attached hydrogens (tertiary/aromatic N) is 2. The second kappa shape index (κ2) is 9.40. The number of benzene rings is 2. The number of hydrogen-bond donors (Lipinski definition) is 0. The van der Waals surface area contributed by atoms with Crippen LogP contribution in [0.2, 0.25) is 0 Å². The van der Waals surface area contributed by atoms with Crippen LogP contribution >= 0.6 is 0 Å². The third kappa shape index (κ3) is 4.91. The fourth-order valence-corrected chi connectivity index (χ4v) is 3.85. The molecular formula is C24H26N2O6. The minimum Gasteiger partial charge on any atom is -0.485 e. The Hall–Kier alpha value is -3.39. The number of Topliss-reactive ketones (excluding diaryl/α,β-unsaturated/α-hetero) is 1. The zero-order chi connectivity index (χ0) is 22.7. The predicted octanol–water partition coefficient (Wildman–Crippen LogP) is 2.15. The molecule has 4 rings (SSSR count). The molecule has 8 nitrogen and oxygen atoms in total. The maximum Gasteiger partial charge on any atom is 0.265 e. The largest absolute Gasteiger partial charge is 0.485 e. The topological polar surface area (TPSA) is 85.4 Å². The molecule has 0 spiro atoms. The number of carbonyl (C=O) groups excluding carboxylic acids is 3. The van der Waals surface area contributed by atoms with Gasteiger partial charge in [0.25, 0.3) is 5.91 Å². The highest BCUT2D eigenvalue weighted by Gasteiger charge is 2.30. The monoisotopic (exact) mass is 438 g/mol. The van der Waals surface area contributed by atoms with Crippen LogP contribution in [0.25, 0.3) is 0 Å². The Kier molecular flexibility index (Phi) is 6.41. The van der Waals surface area contributed by atoms with E-state index in [1.807, 2.05) is 32.0 Å². The first-order valence-electron chi connectivity index (χ1n) is 10.6. The molecule has 0 unspecified atom stereocenters. The SMILES string of the molecule is Cc1cc(C)cc(OCC(=O)c2ccc3c(c2)N(CC(=O)N2CCOCC2)C(=O)CO3)c1. The summed E-state index contributed by atoms with van der Waals surface area (Å²) in [5.74, 6) is 0.375. The molecule has 0 aromatic heterocycles. The van der Waals surface area contributed by atoms with Gasteiger partial charge in [-0.05, 0) is 55.3 Å². The van der Waals surface area contributed by atoms with Crippen molar-refractivity contribution in [2.75, 3.05) is 51.0 Å². The highest BCUT2D eigenvalue weighted by Crippen LogP contribution is 2.33. The lowest BCUT2D eigenvalue weighted by molar-refractivity contribution is -0.135. The van der Waals surface area contributed by atoms with E-state index in [-0.39, 0.29) is 37.4 Å². The first-order valence-corrected chi connectivity index (χ1v) is 10.6. The van der Waals surface area contributed by atoms with Gasteiger partial charge in [0.15, 0.2) is 19.0 Å². The Bertz CT molecular complexity index is 1020. The van der Waals surface area contributed by atoms with Gasteiger partial charge in [0, 0.05) is 18.7 Å². The lowest BCUT2D eigenvalue weighted by atomic mass is 10.1. The van der Waals surface area contributed by atoms with E-state index >= 15 is 0 Å². The lowest BCUT2D eigenvalue weighted by Gasteiger charge is -2.32. The predicted molar refractivity (Wildman–Crippen MR) is 117 cm³/mol. The molecule has 0 aliphatic carbocycles. The number of morpholine rings is 1. The van der Waals surface area contributed by atoms with Gasteiger partial charge >= 0.3 is 0 Å². The number of ether oxygens (including phenoxy) is 3. The van der Waals surface area contributed by atoms with Crippen LogP contribution in [0.5, 0.6) is 11.5 Å². The Morgan fingerprint density at radius 1 is 1.03 bits per heavy atom. The number of hydrogen-bond acceptors (Lipinski definition) is 6. The van der Waals surface area contributed by atoms with Crippen molar-refractivity contribution in [2.24, 2.45) is 0 Å². The number of amides is 2. The van der Waals surface area contributed by atoms with E-state index in [1.54, 1.807) is 23.1 Å². The molecule has 1 saturated heterocycles. The van der Waals surface area contributed by atoms with Crippen LogP contribution in [0.1, 0.15) is 21.5 Å². The van der Waals surface area contributed by atoms with E-state index < -0.39 is 0 Å². The zero-order valence-electron chi connectivity index (χ0n) is 18.3. The zero-order valence-corrected chi connectivity index (χ0v) is 18.3. The third-order valence-electron chi connectivity index (χ3n) is 5.45. The Balaban J connectivity index is 1.49. The van der Waals surface area contributed by atoms with E-state index in [4.69, 9.17) is 14.2 Å². The normalized spacial score (nSPS) is 15.8. The molecule has 2 aliphatic heterocycles. The molecule has 0 saturated carbocycles. The van der Waals surface area contributed by atoms with Gasteiger partial charge < -0.3 is 19.1 Å². The van der Waals surface area contributed by atoms with E-state index in [2.05, 4.69) is 0 Å². The fourth-order valence-electron chi connectivity index (χ4n) is 3.85. The highest BCUT2D eigenvalue weighted by atomic mass is 16.5. The molecule has 8 heteroatoms. The van der Waals surface area contributed by atoms with Crippen LogP contribution in [0.15, 0.2) is 36.4 Å². The van der Waals surface area contributed by atoms with Crippen molar-refractivity contribution in [3.05, 3.63) is 53.1 Å². The van der Waals surface area contributed by atoms with Crippen LogP contribution in [0.4, 0.5) is 5.69 Å². The quantitative estimate of drug-likeness (QED) is 0.643. The number of ketones is 1. The maximum atomic E-state index is 12.8. The van der Waals surface area contributed by atoms with Gasteiger partial charge in [0.1, 0.15) is 18.0 Å². The summed E-state index contributed by atoms with van der Waals surface area (Å²) in [6.45, 7) is 5.51. The fraction of sp³-hybridized carbons (Fsp3) is 0.375. The minimum absolute atomic E-state index is 0.105. The number of carbonyl (C=O) groups is 3. The van der Waals surface area contributed by atoms with Crippen molar-refractivity contribution < 1.29 is 28.6 Å². The van der Waals surface area contributed by atoms with Gasteiger partial charge in [-0.3, -0.25) is 19.3 Å². The molecule has 0 atom stereocenters.